The van der Waals surface area contributed by atoms with Crippen LogP contribution in [0.2, 0.25) is 0 Å². The lowest BCUT2D eigenvalue weighted by Crippen LogP contribution is -2.02. The summed E-state index contributed by atoms with van der Waals surface area (Å²) in [6.07, 6.45) is 8.92. The van der Waals surface area contributed by atoms with E-state index in [0.29, 0.717) is 0 Å². The zero-order chi connectivity index (χ0) is 13.1. The van der Waals surface area contributed by atoms with Gasteiger partial charge in [0.2, 0.25) is 0 Å². The third kappa shape index (κ3) is 2.95. The Morgan fingerprint density at radius 3 is 2.84 bits per heavy atom. The maximum absolute atomic E-state index is 10.3. The summed E-state index contributed by atoms with van der Waals surface area (Å²) in [7, 11) is 0. The van der Waals surface area contributed by atoms with Crippen LogP contribution in [0.4, 0.5) is 0 Å². The van der Waals surface area contributed by atoms with E-state index in [2.05, 4.69) is 17.1 Å². The van der Waals surface area contributed by atoms with Crippen LogP contribution in [-0.2, 0) is 0 Å². The first-order valence-corrected chi connectivity index (χ1v) is 7.36. The molecule has 1 saturated carbocycles. The molecule has 1 aromatic heterocycles. The maximum atomic E-state index is 10.3. The van der Waals surface area contributed by atoms with Crippen LogP contribution in [0.3, 0.4) is 0 Å². The Kier molecular flexibility index (Phi) is 3.79. The summed E-state index contributed by atoms with van der Waals surface area (Å²) in [6, 6.07) is 10.1. The molecule has 1 aliphatic carbocycles. The predicted molar refractivity (Wildman–Crippen MR) is 77.9 cm³/mol. The predicted octanol–water partition coefficient (Wildman–Crippen LogP) is 4.24. The number of aliphatic hydroxyl groups is 1. The molecule has 2 aromatic rings. The van der Waals surface area contributed by atoms with E-state index >= 15 is 0 Å². The highest BCUT2D eigenvalue weighted by Crippen LogP contribution is 2.31. The Hall–Kier alpha value is -1.41. The number of hydrogen-bond donors (Lipinski definition) is 1. The largest absolute Gasteiger partial charge is 0.388 e. The second-order valence-electron chi connectivity index (χ2n) is 5.70. The molecule has 0 amide bonds. The molecule has 0 bridgehead atoms. The summed E-state index contributed by atoms with van der Waals surface area (Å²) < 4.78 is 0. The van der Waals surface area contributed by atoms with Crippen LogP contribution in [0.15, 0.2) is 36.5 Å². The van der Waals surface area contributed by atoms with Crippen LogP contribution < -0.4 is 0 Å². The zero-order valence-electron chi connectivity index (χ0n) is 11.3. The summed E-state index contributed by atoms with van der Waals surface area (Å²) in [5.74, 6) is 0.836. The summed E-state index contributed by atoms with van der Waals surface area (Å²) in [4.78, 5) is 4.42. The Balaban J connectivity index is 1.68. The highest BCUT2D eigenvalue weighted by atomic mass is 16.3. The number of fused-ring (bicyclic) bond motifs is 1. The van der Waals surface area contributed by atoms with Gasteiger partial charge in [0.1, 0.15) is 0 Å². The molecule has 1 unspecified atom stereocenters. The van der Waals surface area contributed by atoms with Gasteiger partial charge in [0.25, 0.3) is 0 Å². The van der Waals surface area contributed by atoms with Gasteiger partial charge in [-0.3, -0.25) is 4.98 Å². The summed E-state index contributed by atoms with van der Waals surface area (Å²) in [5, 5.41) is 11.4. The lowest BCUT2D eigenvalue weighted by molar-refractivity contribution is 0.157. The van der Waals surface area contributed by atoms with E-state index in [-0.39, 0.29) is 6.10 Å². The van der Waals surface area contributed by atoms with Crippen LogP contribution >= 0.6 is 0 Å². The molecule has 0 saturated heterocycles. The quantitative estimate of drug-likeness (QED) is 0.886. The van der Waals surface area contributed by atoms with Gasteiger partial charge in [0.15, 0.2) is 0 Å². The molecule has 2 heteroatoms. The molecular formula is C17H21NO. The molecule has 19 heavy (non-hydrogen) atoms. The first kappa shape index (κ1) is 12.6. The molecule has 0 spiro atoms. The van der Waals surface area contributed by atoms with Gasteiger partial charge >= 0.3 is 0 Å². The van der Waals surface area contributed by atoms with Crippen molar-refractivity contribution in [1.29, 1.82) is 0 Å². The number of benzene rings is 1. The molecule has 1 fully saturated rings. The van der Waals surface area contributed by atoms with Gasteiger partial charge in [0.05, 0.1) is 11.6 Å². The summed E-state index contributed by atoms with van der Waals surface area (Å²) in [6.45, 7) is 0. The fourth-order valence-corrected chi connectivity index (χ4v) is 3.13. The second-order valence-corrected chi connectivity index (χ2v) is 5.70. The van der Waals surface area contributed by atoms with Crippen molar-refractivity contribution in [2.75, 3.05) is 0 Å². The molecule has 2 nitrogen and oxygen atoms in total. The van der Waals surface area contributed by atoms with Crippen molar-refractivity contribution in [3.63, 3.8) is 0 Å². The number of pyridine rings is 1. The smallest absolute Gasteiger partial charge is 0.0805 e. The third-order valence-electron chi connectivity index (χ3n) is 4.32. The Bertz CT molecular complexity index is 546. The number of hydrogen-bond acceptors (Lipinski definition) is 2. The first-order chi connectivity index (χ1) is 9.33. The van der Waals surface area contributed by atoms with Crippen LogP contribution in [-0.4, -0.2) is 10.1 Å². The lowest BCUT2D eigenvalue weighted by atomic mass is 9.96. The number of para-hydroxylation sites is 1. The standard InChI is InChI=1S/C17H21NO/c19-17(10-9-13-5-1-2-6-13)15-11-14-7-3-4-8-16(14)18-12-15/h3-4,7-8,11-13,17,19H,1-2,5-6,9-10H2. The van der Waals surface area contributed by atoms with Crippen molar-refractivity contribution in [2.24, 2.45) is 5.92 Å². The van der Waals surface area contributed by atoms with Gasteiger partial charge in [0, 0.05) is 11.6 Å². The van der Waals surface area contributed by atoms with Gasteiger partial charge < -0.3 is 5.11 Å². The van der Waals surface area contributed by atoms with E-state index in [1.165, 1.54) is 25.7 Å². The second kappa shape index (κ2) is 5.70. The minimum Gasteiger partial charge on any atom is -0.388 e. The average molecular weight is 255 g/mol. The maximum Gasteiger partial charge on any atom is 0.0805 e. The van der Waals surface area contributed by atoms with Crippen molar-refractivity contribution < 1.29 is 5.11 Å². The van der Waals surface area contributed by atoms with Crippen molar-refractivity contribution in [1.82, 2.24) is 4.98 Å². The molecule has 1 heterocycles. The molecular weight excluding hydrogens is 234 g/mol. The summed E-state index contributed by atoms with van der Waals surface area (Å²) in [5.41, 5.74) is 1.95. The number of aromatic nitrogens is 1. The van der Waals surface area contributed by atoms with Gasteiger partial charge in [-0.05, 0) is 36.5 Å². The fourth-order valence-electron chi connectivity index (χ4n) is 3.13. The molecule has 3 rings (SSSR count). The van der Waals surface area contributed by atoms with E-state index in [9.17, 15) is 5.11 Å². The molecule has 0 radical (unpaired) electrons. The topological polar surface area (TPSA) is 33.1 Å². The van der Waals surface area contributed by atoms with Crippen molar-refractivity contribution in [2.45, 2.75) is 44.6 Å². The highest BCUT2D eigenvalue weighted by molar-refractivity contribution is 5.78. The minimum absolute atomic E-state index is 0.363. The van der Waals surface area contributed by atoms with E-state index in [1.54, 1.807) is 0 Å². The van der Waals surface area contributed by atoms with Crippen molar-refractivity contribution >= 4 is 10.9 Å². The van der Waals surface area contributed by atoms with Gasteiger partial charge in [-0.1, -0.05) is 43.9 Å². The van der Waals surface area contributed by atoms with E-state index in [4.69, 9.17) is 0 Å². The summed E-state index contributed by atoms with van der Waals surface area (Å²) >= 11 is 0. The van der Waals surface area contributed by atoms with Gasteiger partial charge in [-0.25, -0.2) is 0 Å². The Morgan fingerprint density at radius 2 is 2.00 bits per heavy atom. The number of nitrogens with zero attached hydrogens (tertiary/aromatic N) is 1. The number of aliphatic hydroxyl groups excluding tert-OH is 1. The normalized spacial score (nSPS) is 17.9. The van der Waals surface area contributed by atoms with Gasteiger partial charge in [-0.2, -0.15) is 0 Å². The Labute approximate surface area is 114 Å². The highest BCUT2D eigenvalue weighted by Gasteiger charge is 2.17. The first-order valence-electron chi connectivity index (χ1n) is 7.36. The average Bonchev–Trinajstić information content (AvgIpc) is 2.97. The van der Waals surface area contributed by atoms with Crippen LogP contribution in [0, 0.1) is 5.92 Å². The molecule has 1 aromatic carbocycles. The Morgan fingerprint density at radius 1 is 1.21 bits per heavy atom. The van der Waals surface area contributed by atoms with Crippen LogP contribution in [0.5, 0.6) is 0 Å². The molecule has 1 atom stereocenters. The van der Waals surface area contributed by atoms with Crippen molar-refractivity contribution in [3.05, 3.63) is 42.1 Å². The van der Waals surface area contributed by atoms with Crippen molar-refractivity contribution in [3.8, 4) is 0 Å². The fraction of sp³-hybridized carbons (Fsp3) is 0.471. The van der Waals surface area contributed by atoms with E-state index < -0.39 is 0 Å². The van der Waals surface area contributed by atoms with Gasteiger partial charge in [-0.15, -0.1) is 0 Å². The van der Waals surface area contributed by atoms with E-state index in [0.717, 1.165) is 35.2 Å². The minimum atomic E-state index is -0.363. The molecule has 0 aliphatic heterocycles. The molecule has 1 N–H and O–H groups in total. The zero-order valence-corrected chi connectivity index (χ0v) is 11.3. The third-order valence-corrected chi connectivity index (χ3v) is 4.32. The number of rotatable bonds is 4. The monoisotopic (exact) mass is 255 g/mol. The molecule has 100 valence electrons. The lowest BCUT2D eigenvalue weighted by Gasteiger charge is -2.14. The van der Waals surface area contributed by atoms with Crippen LogP contribution in [0.25, 0.3) is 10.9 Å². The van der Waals surface area contributed by atoms with Crippen LogP contribution in [0.1, 0.15) is 50.2 Å². The molecule has 1 aliphatic rings. The SMILES string of the molecule is OC(CCC1CCCC1)c1cnc2ccccc2c1. The van der Waals surface area contributed by atoms with E-state index in [1.807, 2.05) is 24.4 Å².